The fourth-order valence-corrected chi connectivity index (χ4v) is 3.81. The van der Waals surface area contributed by atoms with Crippen LogP contribution >= 0.6 is 0 Å². The molecule has 4 nitrogen and oxygen atoms in total. The Balaban J connectivity index is 1.82. The van der Waals surface area contributed by atoms with Crippen molar-refractivity contribution < 1.29 is 14.6 Å². The van der Waals surface area contributed by atoms with Crippen LogP contribution in [0.3, 0.4) is 0 Å². The van der Waals surface area contributed by atoms with Crippen molar-refractivity contribution in [1.82, 2.24) is 4.57 Å². The van der Waals surface area contributed by atoms with Crippen molar-refractivity contribution in [2.45, 2.75) is 18.3 Å². The lowest BCUT2D eigenvalue weighted by Crippen LogP contribution is -1.94. The van der Waals surface area contributed by atoms with Gasteiger partial charge in [-0.3, -0.25) is 0 Å². The van der Waals surface area contributed by atoms with E-state index in [1.54, 1.807) is 6.26 Å². The normalized spacial score (nSPS) is 22.3. The van der Waals surface area contributed by atoms with E-state index in [4.69, 9.17) is 4.42 Å². The standard InChI is InChI=1S/C17H13NO3/c19-16-14-9-5-6-10(7-9)15(14)17(20)18(16)12-8-21-13-4-2-1-3-11(12)13/h1-6,8-10,19-20H,7H2/t9-,10+. The number of benzene rings is 1. The molecule has 0 amide bonds. The first-order valence-electron chi connectivity index (χ1n) is 7.07. The minimum absolute atomic E-state index is 0.130. The van der Waals surface area contributed by atoms with Crippen LogP contribution in [-0.4, -0.2) is 14.8 Å². The minimum Gasteiger partial charge on any atom is -0.494 e. The van der Waals surface area contributed by atoms with Crippen LogP contribution in [0.1, 0.15) is 29.4 Å². The minimum atomic E-state index is 0.130. The van der Waals surface area contributed by atoms with Gasteiger partial charge in [-0.2, -0.15) is 0 Å². The molecule has 0 spiro atoms. The predicted octanol–water partition coefficient (Wildman–Crippen LogP) is 3.78. The van der Waals surface area contributed by atoms with E-state index < -0.39 is 0 Å². The van der Waals surface area contributed by atoms with Crippen molar-refractivity contribution in [2.75, 3.05) is 0 Å². The summed E-state index contributed by atoms with van der Waals surface area (Å²) in [6, 6.07) is 7.60. The molecule has 0 unspecified atom stereocenters. The first-order valence-corrected chi connectivity index (χ1v) is 7.07. The maximum absolute atomic E-state index is 10.6. The van der Waals surface area contributed by atoms with Gasteiger partial charge < -0.3 is 14.6 Å². The van der Waals surface area contributed by atoms with Gasteiger partial charge in [-0.05, 0) is 18.6 Å². The number of allylic oxidation sites excluding steroid dienone is 2. The molecular weight excluding hydrogens is 266 g/mol. The first-order chi connectivity index (χ1) is 10.3. The summed E-state index contributed by atoms with van der Waals surface area (Å²) in [6.07, 6.45) is 6.77. The van der Waals surface area contributed by atoms with Gasteiger partial charge in [-0.25, -0.2) is 4.57 Å². The molecule has 2 aromatic heterocycles. The van der Waals surface area contributed by atoms with E-state index in [0.29, 0.717) is 5.69 Å². The zero-order valence-electron chi connectivity index (χ0n) is 11.2. The van der Waals surface area contributed by atoms with Crippen molar-refractivity contribution in [3.05, 3.63) is 53.8 Å². The summed E-state index contributed by atoms with van der Waals surface area (Å²) in [5.74, 6) is 0.697. The van der Waals surface area contributed by atoms with E-state index in [1.807, 2.05) is 24.3 Å². The summed E-state index contributed by atoms with van der Waals surface area (Å²) >= 11 is 0. The number of para-hydroxylation sites is 1. The van der Waals surface area contributed by atoms with E-state index >= 15 is 0 Å². The van der Waals surface area contributed by atoms with Crippen molar-refractivity contribution >= 4 is 11.0 Å². The Morgan fingerprint density at radius 2 is 1.67 bits per heavy atom. The van der Waals surface area contributed by atoms with Crippen LogP contribution in [0.5, 0.6) is 11.8 Å². The van der Waals surface area contributed by atoms with Crippen LogP contribution in [0.15, 0.2) is 47.1 Å². The van der Waals surface area contributed by atoms with Crippen LogP contribution in [-0.2, 0) is 0 Å². The molecule has 0 aliphatic heterocycles. The monoisotopic (exact) mass is 279 g/mol. The Morgan fingerprint density at radius 3 is 2.38 bits per heavy atom. The molecule has 2 atom stereocenters. The molecule has 0 saturated carbocycles. The molecule has 2 N–H and O–H groups in total. The van der Waals surface area contributed by atoms with Crippen molar-refractivity contribution in [2.24, 2.45) is 0 Å². The van der Waals surface area contributed by atoms with Gasteiger partial charge in [0.25, 0.3) is 0 Å². The fraction of sp³-hybridized carbons (Fsp3) is 0.176. The number of hydrogen-bond acceptors (Lipinski definition) is 3. The summed E-state index contributed by atoms with van der Waals surface area (Å²) < 4.78 is 7.03. The van der Waals surface area contributed by atoms with Gasteiger partial charge >= 0.3 is 0 Å². The number of fused-ring (bicyclic) bond motifs is 6. The van der Waals surface area contributed by atoms with Crippen LogP contribution in [0.25, 0.3) is 16.7 Å². The fourth-order valence-electron chi connectivity index (χ4n) is 3.81. The van der Waals surface area contributed by atoms with E-state index in [2.05, 4.69) is 12.2 Å². The Labute approximate surface area is 120 Å². The molecular formula is C17H13NO3. The molecule has 2 bridgehead atoms. The zero-order chi connectivity index (χ0) is 14.1. The number of aromatic nitrogens is 1. The molecule has 5 rings (SSSR count). The average molecular weight is 279 g/mol. The van der Waals surface area contributed by atoms with Gasteiger partial charge in [0.1, 0.15) is 11.8 Å². The molecule has 104 valence electrons. The predicted molar refractivity (Wildman–Crippen MR) is 78.1 cm³/mol. The number of furan rings is 1. The molecule has 0 radical (unpaired) electrons. The molecule has 2 aliphatic carbocycles. The second kappa shape index (κ2) is 3.52. The lowest BCUT2D eigenvalue weighted by molar-refractivity contribution is 0.395. The first kappa shape index (κ1) is 11.1. The van der Waals surface area contributed by atoms with Crippen molar-refractivity contribution in [1.29, 1.82) is 0 Å². The Bertz CT molecular complexity index is 880. The summed E-state index contributed by atoms with van der Waals surface area (Å²) in [7, 11) is 0. The second-order valence-electron chi connectivity index (χ2n) is 5.76. The number of hydrogen-bond donors (Lipinski definition) is 2. The third-order valence-corrected chi connectivity index (χ3v) is 4.72. The summed E-state index contributed by atoms with van der Waals surface area (Å²) in [6.45, 7) is 0. The number of nitrogens with zero attached hydrogens (tertiary/aromatic N) is 1. The maximum atomic E-state index is 10.6. The molecule has 2 heterocycles. The van der Waals surface area contributed by atoms with Gasteiger partial charge in [0, 0.05) is 28.3 Å². The SMILES string of the molecule is Oc1c2c(c(O)n1-c1coc3ccccc13)[C@H]1C=C[C@@H]2C1. The van der Waals surface area contributed by atoms with E-state index in [0.717, 1.165) is 28.5 Å². The van der Waals surface area contributed by atoms with Crippen LogP contribution in [0, 0.1) is 0 Å². The summed E-state index contributed by atoms with van der Waals surface area (Å²) in [4.78, 5) is 0. The van der Waals surface area contributed by atoms with Crippen LogP contribution < -0.4 is 0 Å². The van der Waals surface area contributed by atoms with Gasteiger partial charge in [0.15, 0.2) is 0 Å². The zero-order valence-corrected chi connectivity index (χ0v) is 11.2. The largest absolute Gasteiger partial charge is 0.494 e. The third-order valence-electron chi connectivity index (χ3n) is 4.72. The molecule has 2 aliphatic rings. The Morgan fingerprint density at radius 1 is 1.00 bits per heavy atom. The van der Waals surface area contributed by atoms with Gasteiger partial charge in [0.2, 0.25) is 11.8 Å². The number of rotatable bonds is 1. The van der Waals surface area contributed by atoms with Gasteiger partial charge in [-0.15, -0.1) is 0 Å². The highest BCUT2D eigenvalue weighted by Crippen LogP contribution is 2.57. The number of aromatic hydroxyl groups is 2. The van der Waals surface area contributed by atoms with Crippen molar-refractivity contribution in [3.63, 3.8) is 0 Å². The highest BCUT2D eigenvalue weighted by atomic mass is 16.3. The summed E-state index contributed by atoms with van der Waals surface area (Å²) in [5, 5.41) is 22.1. The van der Waals surface area contributed by atoms with E-state index in [1.165, 1.54) is 4.57 Å². The van der Waals surface area contributed by atoms with Crippen molar-refractivity contribution in [3.8, 4) is 17.4 Å². The Kier molecular flexibility index (Phi) is 1.86. The average Bonchev–Trinajstić information content (AvgIpc) is 3.23. The quantitative estimate of drug-likeness (QED) is 0.666. The molecule has 1 aromatic carbocycles. The second-order valence-corrected chi connectivity index (χ2v) is 5.76. The van der Waals surface area contributed by atoms with E-state index in [-0.39, 0.29) is 23.6 Å². The topological polar surface area (TPSA) is 58.5 Å². The van der Waals surface area contributed by atoms with E-state index in [9.17, 15) is 10.2 Å². The van der Waals surface area contributed by atoms with Crippen LogP contribution in [0.2, 0.25) is 0 Å². The molecule has 0 fully saturated rings. The van der Waals surface area contributed by atoms with Gasteiger partial charge in [0.05, 0.1) is 5.69 Å². The maximum Gasteiger partial charge on any atom is 0.202 e. The lowest BCUT2D eigenvalue weighted by Gasteiger charge is -2.08. The molecule has 3 aromatic rings. The highest BCUT2D eigenvalue weighted by molar-refractivity contribution is 5.87. The lowest BCUT2D eigenvalue weighted by atomic mass is 10.0. The molecule has 0 saturated heterocycles. The smallest absolute Gasteiger partial charge is 0.202 e. The molecule has 4 heteroatoms. The van der Waals surface area contributed by atoms with Gasteiger partial charge in [-0.1, -0.05) is 24.3 Å². The third kappa shape index (κ3) is 1.21. The Hall–Kier alpha value is -2.62. The van der Waals surface area contributed by atoms with Crippen LogP contribution in [0.4, 0.5) is 0 Å². The molecule has 21 heavy (non-hydrogen) atoms. The summed E-state index contributed by atoms with van der Waals surface area (Å²) in [5.41, 5.74) is 3.14. The highest BCUT2D eigenvalue weighted by Gasteiger charge is 2.41.